The molecule has 2 atom stereocenters. The highest BCUT2D eigenvalue weighted by molar-refractivity contribution is 5.76. The fraction of sp³-hybridized carbons (Fsp3) is 0.609. The highest BCUT2D eigenvalue weighted by atomic mass is 16.3. The third-order valence-electron chi connectivity index (χ3n) is 11.8. The minimum Gasteiger partial charge on any atom is -0.394 e. The van der Waals surface area contributed by atoms with E-state index in [-0.39, 0.29) is 12.5 Å². The summed E-state index contributed by atoms with van der Waals surface area (Å²) in [5.74, 6) is -0.115. The molecule has 0 aromatic carbocycles. The molecule has 0 bridgehead atoms. The van der Waals surface area contributed by atoms with Crippen LogP contribution >= 0.6 is 0 Å². The topological polar surface area (TPSA) is 69.6 Å². The van der Waals surface area contributed by atoms with E-state index in [4.69, 9.17) is 0 Å². The van der Waals surface area contributed by atoms with Gasteiger partial charge in [-0.05, 0) is 116 Å². The number of hydrogen-bond donors (Lipinski definition) is 3. The Hall–Kier alpha value is -3.73. The van der Waals surface area contributed by atoms with E-state index in [0.717, 1.165) is 109 Å². The Balaban J connectivity index is 3.74. The maximum absolute atomic E-state index is 12.5. The number of amides is 1. The van der Waals surface area contributed by atoms with Gasteiger partial charge in [0.15, 0.2) is 0 Å². The highest BCUT2D eigenvalue weighted by Gasteiger charge is 2.17. The van der Waals surface area contributed by atoms with Gasteiger partial charge in [-0.2, -0.15) is 0 Å². The minimum atomic E-state index is -0.897. The predicted molar refractivity (Wildman–Crippen MR) is 303 cm³/mol. The lowest BCUT2D eigenvalue weighted by molar-refractivity contribution is -0.123. The quantitative estimate of drug-likeness (QED) is 0.0420. The lowest BCUT2D eigenvalue weighted by atomic mass is 10.0. The van der Waals surface area contributed by atoms with Crippen molar-refractivity contribution in [3.05, 3.63) is 146 Å². The van der Waals surface area contributed by atoms with Crippen molar-refractivity contribution in [1.82, 2.24) is 5.32 Å². The van der Waals surface area contributed by atoms with Gasteiger partial charge in [0.25, 0.3) is 0 Å². The summed E-state index contributed by atoms with van der Waals surface area (Å²) in [5, 5.41) is 23.1. The number of rotatable bonds is 49. The van der Waals surface area contributed by atoms with Crippen LogP contribution in [0, 0.1) is 0 Å². The molecule has 0 saturated heterocycles. The first-order chi connectivity index (χ1) is 33.7. The normalized spacial score (nSPS) is 14.0. The Morgan fingerprint density at radius 1 is 0.368 bits per heavy atom. The molecule has 0 saturated carbocycles. The van der Waals surface area contributed by atoms with Crippen LogP contribution in [0.25, 0.3) is 0 Å². The average molecular weight is 937 g/mol. The van der Waals surface area contributed by atoms with Crippen LogP contribution in [-0.2, 0) is 4.79 Å². The number of carbonyl (C=O) groups is 1. The van der Waals surface area contributed by atoms with E-state index in [1.165, 1.54) is 103 Å². The van der Waals surface area contributed by atoms with Crippen LogP contribution < -0.4 is 5.32 Å². The third-order valence-corrected chi connectivity index (χ3v) is 11.8. The van der Waals surface area contributed by atoms with Gasteiger partial charge in [-0.25, -0.2) is 0 Å². The fourth-order valence-electron chi connectivity index (χ4n) is 7.55. The van der Waals surface area contributed by atoms with Gasteiger partial charge in [0.2, 0.25) is 5.91 Å². The monoisotopic (exact) mass is 936 g/mol. The van der Waals surface area contributed by atoms with Crippen LogP contribution in [0.4, 0.5) is 0 Å². The maximum atomic E-state index is 12.5. The number of nitrogens with one attached hydrogen (secondary N) is 1. The van der Waals surface area contributed by atoms with Crippen molar-refractivity contribution in [1.29, 1.82) is 0 Å². The first kappa shape index (κ1) is 64.3. The summed E-state index contributed by atoms with van der Waals surface area (Å²) in [6.07, 6.45) is 91.4. The van der Waals surface area contributed by atoms with Gasteiger partial charge >= 0.3 is 0 Å². The summed E-state index contributed by atoms with van der Waals surface area (Å²) in [5.41, 5.74) is 0. The fourth-order valence-corrected chi connectivity index (χ4v) is 7.55. The summed E-state index contributed by atoms with van der Waals surface area (Å²) in [6.45, 7) is 4.16. The van der Waals surface area contributed by atoms with Gasteiger partial charge in [-0.3, -0.25) is 4.79 Å². The second-order valence-corrected chi connectivity index (χ2v) is 18.2. The lowest BCUT2D eigenvalue weighted by Crippen LogP contribution is -2.45. The Morgan fingerprint density at radius 2 is 0.662 bits per heavy atom. The van der Waals surface area contributed by atoms with Crippen LogP contribution in [0.5, 0.6) is 0 Å². The van der Waals surface area contributed by atoms with E-state index in [0.29, 0.717) is 6.42 Å². The Bertz CT molecular complexity index is 1430. The molecule has 0 aromatic heterocycles. The van der Waals surface area contributed by atoms with Crippen molar-refractivity contribution in [2.45, 2.75) is 244 Å². The highest BCUT2D eigenvalue weighted by Crippen LogP contribution is 2.14. The van der Waals surface area contributed by atoms with Gasteiger partial charge in [0, 0.05) is 6.42 Å². The smallest absolute Gasteiger partial charge is 0.220 e. The molecule has 2 unspecified atom stereocenters. The standard InChI is InChI=1S/C64H105NO3/c1-3-5-7-9-11-13-15-17-19-21-23-25-27-29-30-31-32-33-34-36-38-40-42-44-46-48-50-52-54-56-58-60-64(68)65-62(61-66)63(67)59-57-55-53-51-49-47-45-43-41-39-37-35-28-26-24-22-20-18-16-14-12-10-8-6-4-2/h5,7,11,13,17,19,23,25,29-30,32-33,36,38,41-44,48-51,57,59,62-63,66-67H,3-4,6,8-10,12,14-16,18,20-22,24,26-28,31,34-35,37,39-40,45-47,52-56,58,60-61H2,1-2H3,(H,65,68)/b7-5-,13-11-,19-17-,25-23-,30-29-,33-32-,38-36-,43-41+,44-42-,50-48-,51-49+,59-57+. The van der Waals surface area contributed by atoms with Gasteiger partial charge in [0.1, 0.15) is 0 Å². The van der Waals surface area contributed by atoms with Gasteiger partial charge < -0.3 is 15.5 Å². The van der Waals surface area contributed by atoms with Crippen molar-refractivity contribution < 1.29 is 15.0 Å². The number of aliphatic hydroxyl groups is 2. The number of carbonyl (C=O) groups excluding carboxylic acids is 1. The summed E-state index contributed by atoms with van der Waals surface area (Å²) < 4.78 is 0. The Labute approximate surface area is 421 Å². The van der Waals surface area contributed by atoms with Crippen molar-refractivity contribution in [2.75, 3.05) is 6.61 Å². The Kier molecular flexibility index (Phi) is 54.4. The van der Waals surface area contributed by atoms with Gasteiger partial charge in [-0.15, -0.1) is 0 Å². The van der Waals surface area contributed by atoms with Gasteiger partial charge in [0.05, 0.1) is 18.8 Å². The maximum Gasteiger partial charge on any atom is 0.220 e. The molecular weight excluding hydrogens is 831 g/mol. The van der Waals surface area contributed by atoms with E-state index < -0.39 is 12.1 Å². The summed E-state index contributed by atoms with van der Waals surface area (Å²) >= 11 is 0. The Morgan fingerprint density at radius 3 is 1.03 bits per heavy atom. The van der Waals surface area contributed by atoms with Crippen molar-refractivity contribution in [3.8, 4) is 0 Å². The zero-order chi connectivity index (χ0) is 49.2. The second kappa shape index (κ2) is 57.6. The van der Waals surface area contributed by atoms with E-state index >= 15 is 0 Å². The summed E-state index contributed by atoms with van der Waals surface area (Å²) in [4.78, 5) is 12.5. The molecule has 4 nitrogen and oxygen atoms in total. The molecule has 68 heavy (non-hydrogen) atoms. The molecule has 3 N–H and O–H groups in total. The molecule has 0 rings (SSSR count). The molecule has 0 radical (unpaired) electrons. The van der Waals surface area contributed by atoms with Crippen LogP contribution in [0.3, 0.4) is 0 Å². The number of allylic oxidation sites excluding steroid dienone is 23. The number of unbranched alkanes of at least 4 members (excludes halogenated alkanes) is 20. The van der Waals surface area contributed by atoms with Gasteiger partial charge in [-0.1, -0.05) is 256 Å². The average Bonchev–Trinajstić information content (AvgIpc) is 3.34. The largest absolute Gasteiger partial charge is 0.394 e. The first-order valence-electron chi connectivity index (χ1n) is 28.0. The zero-order valence-electron chi connectivity index (χ0n) is 44.1. The van der Waals surface area contributed by atoms with Crippen LogP contribution in [0.1, 0.15) is 232 Å². The molecule has 0 spiro atoms. The van der Waals surface area contributed by atoms with E-state index in [9.17, 15) is 15.0 Å². The molecule has 0 aromatic rings. The first-order valence-corrected chi connectivity index (χ1v) is 28.0. The van der Waals surface area contributed by atoms with Crippen molar-refractivity contribution in [3.63, 3.8) is 0 Å². The van der Waals surface area contributed by atoms with E-state index in [1.54, 1.807) is 6.08 Å². The molecular formula is C64H105NO3. The van der Waals surface area contributed by atoms with E-state index in [1.807, 2.05) is 6.08 Å². The summed E-state index contributed by atoms with van der Waals surface area (Å²) in [6, 6.07) is -0.676. The molecule has 0 aliphatic rings. The molecule has 0 fully saturated rings. The minimum absolute atomic E-state index is 0.115. The molecule has 1 amide bonds. The van der Waals surface area contributed by atoms with Crippen LogP contribution in [0.15, 0.2) is 146 Å². The lowest BCUT2D eigenvalue weighted by Gasteiger charge is -2.19. The zero-order valence-corrected chi connectivity index (χ0v) is 44.1. The molecule has 0 heterocycles. The molecule has 4 heteroatoms. The summed E-state index contributed by atoms with van der Waals surface area (Å²) in [7, 11) is 0. The third kappa shape index (κ3) is 53.2. The number of aliphatic hydroxyl groups excluding tert-OH is 2. The second-order valence-electron chi connectivity index (χ2n) is 18.2. The molecule has 384 valence electrons. The van der Waals surface area contributed by atoms with Crippen molar-refractivity contribution >= 4 is 5.91 Å². The van der Waals surface area contributed by atoms with Crippen LogP contribution in [0.2, 0.25) is 0 Å². The van der Waals surface area contributed by atoms with Crippen molar-refractivity contribution in [2.24, 2.45) is 0 Å². The van der Waals surface area contributed by atoms with E-state index in [2.05, 4.69) is 153 Å². The predicted octanol–water partition coefficient (Wildman–Crippen LogP) is 18.8. The number of hydrogen-bond acceptors (Lipinski definition) is 3. The molecule has 0 aliphatic heterocycles. The SMILES string of the molecule is CC/C=C\C/C=C\C/C=C\C/C=C\C/C=C\C/C=C\C/C=C\C/C=C\C/C=C\CCCCCC(=O)NC(CO)C(O)/C=C/CC/C=C/CC/C=C/CCCCCCCCCCCCCCCCC. The molecule has 0 aliphatic carbocycles. The van der Waals surface area contributed by atoms with Crippen LogP contribution in [-0.4, -0.2) is 34.9 Å².